The second-order valence-electron chi connectivity index (χ2n) is 4.12. The lowest BCUT2D eigenvalue weighted by atomic mass is 10.1. The van der Waals surface area contributed by atoms with E-state index in [1.165, 1.54) is 0 Å². The zero-order valence-electron chi connectivity index (χ0n) is 10.9. The van der Waals surface area contributed by atoms with Crippen LogP contribution in [-0.4, -0.2) is 25.7 Å². The van der Waals surface area contributed by atoms with Crippen molar-refractivity contribution >= 4 is 5.91 Å². The quantitative estimate of drug-likeness (QED) is 0.689. The SMILES string of the molecule is CCOCCCC(=O)NCC(N)c1ccccc1. The summed E-state index contributed by atoms with van der Waals surface area (Å²) in [5.41, 5.74) is 7.01. The van der Waals surface area contributed by atoms with Gasteiger partial charge in [-0.2, -0.15) is 0 Å². The van der Waals surface area contributed by atoms with Crippen LogP contribution in [0.3, 0.4) is 0 Å². The van der Waals surface area contributed by atoms with Crippen LogP contribution >= 0.6 is 0 Å². The highest BCUT2D eigenvalue weighted by molar-refractivity contribution is 5.75. The number of ether oxygens (including phenoxy) is 1. The number of carbonyl (C=O) groups is 1. The van der Waals surface area contributed by atoms with Gasteiger partial charge in [-0.1, -0.05) is 30.3 Å². The van der Waals surface area contributed by atoms with Crippen LogP contribution in [0.2, 0.25) is 0 Å². The summed E-state index contributed by atoms with van der Waals surface area (Å²) in [7, 11) is 0. The molecule has 0 saturated heterocycles. The number of carbonyl (C=O) groups excluding carboxylic acids is 1. The van der Waals surface area contributed by atoms with E-state index in [1.807, 2.05) is 37.3 Å². The molecule has 1 amide bonds. The maximum absolute atomic E-state index is 11.5. The maximum Gasteiger partial charge on any atom is 0.220 e. The number of nitrogens with two attached hydrogens (primary N) is 1. The molecule has 1 aromatic carbocycles. The summed E-state index contributed by atoms with van der Waals surface area (Å²) in [6, 6.07) is 9.61. The van der Waals surface area contributed by atoms with E-state index in [2.05, 4.69) is 5.32 Å². The molecule has 18 heavy (non-hydrogen) atoms. The number of hydrogen-bond acceptors (Lipinski definition) is 3. The third kappa shape index (κ3) is 5.80. The molecule has 100 valence electrons. The summed E-state index contributed by atoms with van der Waals surface area (Å²) in [5, 5.41) is 2.84. The Balaban J connectivity index is 2.18. The molecule has 0 bridgehead atoms. The van der Waals surface area contributed by atoms with E-state index >= 15 is 0 Å². The van der Waals surface area contributed by atoms with E-state index in [0.717, 1.165) is 12.0 Å². The lowest BCUT2D eigenvalue weighted by Gasteiger charge is -2.13. The summed E-state index contributed by atoms with van der Waals surface area (Å²) in [6.07, 6.45) is 1.24. The fourth-order valence-corrected chi connectivity index (χ4v) is 1.61. The Hall–Kier alpha value is -1.39. The fraction of sp³-hybridized carbons (Fsp3) is 0.500. The lowest BCUT2D eigenvalue weighted by Crippen LogP contribution is -2.31. The summed E-state index contributed by atoms with van der Waals surface area (Å²) >= 11 is 0. The Morgan fingerprint density at radius 3 is 2.78 bits per heavy atom. The molecule has 4 nitrogen and oxygen atoms in total. The highest BCUT2D eigenvalue weighted by Gasteiger charge is 2.07. The minimum atomic E-state index is -0.151. The van der Waals surface area contributed by atoms with Crippen LogP contribution in [-0.2, 0) is 9.53 Å². The summed E-state index contributed by atoms with van der Waals surface area (Å²) in [6.45, 7) is 3.74. The molecular formula is C14H22N2O2. The Kier molecular flexibility index (Phi) is 7.06. The first-order valence-corrected chi connectivity index (χ1v) is 6.39. The highest BCUT2D eigenvalue weighted by atomic mass is 16.5. The van der Waals surface area contributed by atoms with Crippen molar-refractivity contribution < 1.29 is 9.53 Å². The van der Waals surface area contributed by atoms with Gasteiger partial charge in [0, 0.05) is 32.2 Å². The second kappa shape index (κ2) is 8.66. The molecule has 1 aromatic rings. The minimum Gasteiger partial charge on any atom is -0.382 e. The molecule has 4 heteroatoms. The van der Waals surface area contributed by atoms with E-state index in [1.54, 1.807) is 0 Å². The lowest BCUT2D eigenvalue weighted by molar-refractivity contribution is -0.121. The smallest absolute Gasteiger partial charge is 0.220 e. The second-order valence-corrected chi connectivity index (χ2v) is 4.12. The van der Waals surface area contributed by atoms with Crippen molar-refractivity contribution in [3.05, 3.63) is 35.9 Å². The van der Waals surface area contributed by atoms with Gasteiger partial charge < -0.3 is 15.8 Å². The number of benzene rings is 1. The first-order valence-electron chi connectivity index (χ1n) is 6.39. The molecule has 3 N–H and O–H groups in total. The maximum atomic E-state index is 11.5. The molecule has 0 radical (unpaired) electrons. The molecule has 1 rings (SSSR count). The van der Waals surface area contributed by atoms with Crippen LogP contribution in [0.4, 0.5) is 0 Å². The molecule has 0 aromatic heterocycles. The van der Waals surface area contributed by atoms with Crippen molar-refractivity contribution in [1.29, 1.82) is 0 Å². The predicted octanol–water partition coefficient (Wildman–Crippen LogP) is 1.62. The average molecular weight is 250 g/mol. The molecule has 0 aliphatic carbocycles. The first kappa shape index (κ1) is 14.7. The van der Waals surface area contributed by atoms with Gasteiger partial charge in [-0.3, -0.25) is 4.79 Å². The zero-order chi connectivity index (χ0) is 13.2. The van der Waals surface area contributed by atoms with Gasteiger partial charge in [0.15, 0.2) is 0 Å². The molecule has 1 atom stereocenters. The van der Waals surface area contributed by atoms with Crippen LogP contribution in [0, 0.1) is 0 Å². The predicted molar refractivity (Wildman–Crippen MR) is 72.1 cm³/mol. The standard InChI is InChI=1S/C14H22N2O2/c1-2-18-10-6-9-14(17)16-11-13(15)12-7-4-3-5-8-12/h3-5,7-8,13H,2,6,9-11,15H2,1H3,(H,16,17). The molecule has 0 spiro atoms. The Morgan fingerprint density at radius 2 is 2.11 bits per heavy atom. The molecule has 0 fully saturated rings. The highest BCUT2D eigenvalue weighted by Crippen LogP contribution is 2.07. The normalized spacial score (nSPS) is 12.1. The van der Waals surface area contributed by atoms with Crippen molar-refractivity contribution in [2.75, 3.05) is 19.8 Å². The van der Waals surface area contributed by atoms with Crippen LogP contribution in [0.1, 0.15) is 31.4 Å². The van der Waals surface area contributed by atoms with Crippen molar-refractivity contribution in [2.45, 2.75) is 25.8 Å². The Labute approximate surface area is 109 Å². The van der Waals surface area contributed by atoms with E-state index in [0.29, 0.717) is 26.2 Å². The van der Waals surface area contributed by atoms with Gasteiger partial charge in [-0.15, -0.1) is 0 Å². The van der Waals surface area contributed by atoms with E-state index in [9.17, 15) is 4.79 Å². The Morgan fingerprint density at radius 1 is 1.39 bits per heavy atom. The van der Waals surface area contributed by atoms with Crippen LogP contribution in [0.15, 0.2) is 30.3 Å². The first-order chi connectivity index (χ1) is 8.74. The van der Waals surface area contributed by atoms with Crippen LogP contribution in [0.25, 0.3) is 0 Å². The van der Waals surface area contributed by atoms with Gasteiger partial charge in [0.05, 0.1) is 0 Å². The summed E-state index contributed by atoms with van der Waals surface area (Å²) in [5.74, 6) is 0.0288. The van der Waals surface area contributed by atoms with Gasteiger partial charge in [0.1, 0.15) is 0 Å². The van der Waals surface area contributed by atoms with Gasteiger partial charge in [0.2, 0.25) is 5.91 Å². The van der Waals surface area contributed by atoms with Crippen molar-refractivity contribution in [1.82, 2.24) is 5.32 Å². The third-order valence-corrected chi connectivity index (χ3v) is 2.64. The minimum absolute atomic E-state index is 0.0288. The van der Waals surface area contributed by atoms with E-state index in [-0.39, 0.29) is 11.9 Å². The topological polar surface area (TPSA) is 64.3 Å². The summed E-state index contributed by atoms with van der Waals surface area (Å²) < 4.78 is 5.17. The van der Waals surface area contributed by atoms with Gasteiger partial charge >= 0.3 is 0 Å². The van der Waals surface area contributed by atoms with Crippen molar-refractivity contribution in [2.24, 2.45) is 5.73 Å². The third-order valence-electron chi connectivity index (χ3n) is 2.64. The fourth-order valence-electron chi connectivity index (χ4n) is 1.61. The number of hydrogen-bond donors (Lipinski definition) is 2. The molecule has 1 unspecified atom stereocenters. The Bertz CT molecular complexity index is 341. The van der Waals surface area contributed by atoms with Crippen molar-refractivity contribution in [3.63, 3.8) is 0 Å². The number of rotatable bonds is 8. The van der Waals surface area contributed by atoms with Crippen molar-refractivity contribution in [3.8, 4) is 0 Å². The molecule has 0 heterocycles. The average Bonchev–Trinajstić information content (AvgIpc) is 2.42. The molecule has 0 aliphatic heterocycles. The molecular weight excluding hydrogens is 228 g/mol. The number of amides is 1. The zero-order valence-corrected chi connectivity index (χ0v) is 10.9. The van der Waals surface area contributed by atoms with E-state index < -0.39 is 0 Å². The van der Waals surface area contributed by atoms with Gasteiger partial charge in [-0.05, 0) is 18.9 Å². The van der Waals surface area contributed by atoms with Crippen LogP contribution in [0.5, 0.6) is 0 Å². The number of nitrogens with one attached hydrogen (secondary N) is 1. The summed E-state index contributed by atoms with van der Waals surface area (Å²) in [4.78, 5) is 11.5. The largest absolute Gasteiger partial charge is 0.382 e. The van der Waals surface area contributed by atoms with Crippen LogP contribution < -0.4 is 11.1 Å². The molecule has 0 aliphatic rings. The van der Waals surface area contributed by atoms with Gasteiger partial charge in [0.25, 0.3) is 0 Å². The monoisotopic (exact) mass is 250 g/mol. The van der Waals surface area contributed by atoms with Gasteiger partial charge in [-0.25, -0.2) is 0 Å². The van der Waals surface area contributed by atoms with E-state index in [4.69, 9.17) is 10.5 Å². The molecule has 0 saturated carbocycles.